The first kappa shape index (κ1) is 17.7. The summed E-state index contributed by atoms with van der Waals surface area (Å²) in [5.41, 5.74) is 2.28. The third kappa shape index (κ3) is 3.31. The summed E-state index contributed by atoms with van der Waals surface area (Å²) in [6, 6.07) is 10.4. The van der Waals surface area contributed by atoms with E-state index in [0.717, 1.165) is 0 Å². The molecule has 1 aliphatic rings. The van der Waals surface area contributed by atoms with Crippen LogP contribution in [-0.2, 0) is 0 Å². The van der Waals surface area contributed by atoms with Crippen LogP contribution < -0.4 is 14.8 Å². The zero-order valence-corrected chi connectivity index (χ0v) is 15.3. The van der Waals surface area contributed by atoms with Gasteiger partial charge in [0.05, 0.1) is 22.2 Å². The van der Waals surface area contributed by atoms with Gasteiger partial charge in [-0.05, 0) is 37.3 Å². The molecule has 0 fully saturated rings. The van der Waals surface area contributed by atoms with Gasteiger partial charge in [-0.2, -0.15) is 15.2 Å². The maximum absolute atomic E-state index is 11.8. The molecule has 0 atom stereocenters. The maximum Gasteiger partial charge on any atom is 0.326 e. The zero-order chi connectivity index (χ0) is 19.7. The number of hydrogen-bond acceptors (Lipinski definition) is 8. The van der Waals surface area contributed by atoms with Crippen molar-refractivity contribution < 1.29 is 14.3 Å². The lowest BCUT2D eigenvalue weighted by Gasteiger charge is -2.12. The van der Waals surface area contributed by atoms with Crippen molar-refractivity contribution in [2.75, 3.05) is 11.9 Å². The van der Waals surface area contributed by atoms with E-state index in [1.54, 1.807) is 31.2 Å². The molecule has 3 aromatic rings. The largest absolute Gasteiger partial charge is 0.484 e. The number of ether oxygens (including phenoxy) is 2. The molecule has 138 valence electrons. The van der Waals surface area contributed by atoms with Crippen LogP contribution in [0.4, 0.5) is 11.6 Å². The Morgan fingerprint density at radius 1 is 1.29 bits per heavy atom. The molecule has 1 aromatic heterocycles. The van der Waals surface area contributed by atoms with Crippen molar-refractivity contribution in [3.63, 3.8) is 0 Å². The fourth-order valence-electron chi connectivity index (χ4n) is 2.72. The third-order valence-corrected chi connectivity index (χ3v) is 4.36. The Balaban J connectivity index is 1.59. The normalized spacial score (nSPS) is 12.1. The summed E-state index contributed by atoms with van der Waals surface area (Å²) < 4.78 is 11.2. The lowest BCUT2D eigenvalue weighted by atomic mass is 10.1. The second-order valence-electron chi connectivity index (χ2n) is 5.91. The van der Waals surface area contributed by atoms with E-state index < -0.39 is 0 Å². The van der Waals surface area contributed by atoms with Crippen LogP contribution in [0.1, 0.15) is 21.5 Å². The molecule has 28 heavy (non-hydrogen) atoms. The maximum atomic E-state index is 11.8. The molecule has 0 saturated heterocycles. The highest BCUT2D eigenvalue weighted by Crippen LogP contribution is 2.42. The van der Waals surface area contributed by atoms with Crippen LogP contribution >= 0.6 is 11.6 Å². The van der Waals surface area contributed by atoms with Crippen LogP contribution in [0.15, 0.2) is 36.7 Å². The van der Waals surface area contributed by atoms with E-state index in [9.17, 15) is 4.79 Å². The number of nitrogens with one attached hydrogen (secondary N) is 1. The topological polar surface area (TPSA) is 110 Å². The van der Waals surface area contributed by atoms with Gasteiger partial charge in [0.2, 0.25) is 11.7 Å². The molecule has 4 rings (SSSR count). The number of carbonyl (C=O) groups excluding carboxylic acids is 1. The van der Waals surface area contributed by atoms with Crippen LogP contribution in [0.5, 0.6) is 17.5 Å². The van der Waals surface area contributed by atoms with Crippen molar-refractivity contribution in [2.24, 2.45) is 0 Å². The minimum absolute atomic E-state index is 0.0135. The van der Waals surface area contributed by atoms with Gasteiger partial charge in [-0.1, -0.05) is 11.6 Å². The van der Waals surface area contributed by atoms with Crippen molar-refractivity contribution in [1.29, 1.82) is 5.26 Å². The van der Waals surface area contributed by atoms with Gasteiger partial charge < -0.3 is 14.8 Å². The van der Waals surface area contributed by atoms with Crippen molar-refractivity contribution in [3.8, 4) is 23.6 Å². The molecule has 0 unspecified atom stereocenters. The summed E-state index contributed by atoms with van der Waals surface area (Å²) in [7, 11) is 0. The van der Waals surface area contributed by atoms with Gasteiger partial charge in [0.1, 0.15) is 12.1 Å². The van der Waals surface area contributed by atoms with Gasteiger partial charge in [-0.15, -0.1) is 0 Å². The Morgan fingerprint density at radius 2 is 2.07 bits per heavy atom. The van der Waals surface area contributed by atoms with E-state index in [0.29, 0.717) is 33.9 Å². The van der Waals surface area contributed by atoms with Gasteiger partial charge in [-0.25, -0.2) is 4.98 Å². The Hall–Kier alpha value is -3.70. The van der Waals surface area contributed by atoms with Gasteiger partial charge in [0.25, 0.3) is 0 Å². The third-order valence-electron chi connectivity index (χ3n) is 4.08. The number of anilines is 2. The lowest BCUT2D eigenvalue weighted by Crippen LogP contribution is -2.01. The van der Waals surface area contributed by atoms with E-state index in [1.807, 2.05) is 0 Å². The van der Waals surface area contributed by atoms with Crippen LogP contribution in [0, 0.1) is 18.3 Å². The molecule has 0 radical (unpaired) electrons. The van der Waals surface area contributed by atoms with E-state index in [-0.39, 0.29) is 29.4 Å². The number of Topliss-reactive ketones (excluding diaryl/α,β-unsaturated/α-hetero) is 1. The second-order valence-corrected chi connectivity index (χ2v) is 6.32. The zero-order valence-electron chi connectivity index (χ0n) is 14.6. The number of rotatable bonds is 4. The summed E-state index contributed by atoms with van der Waals surface area (Å²) in [5.74, 6) is 0.900. The molecule has 0 aliphatic carbocycles. The fraction of sp³-hybridized carbons (Fsp3) is 0.105. The first-order chi connectivity index (χ1) is 13.5. The van der Waals surface area contributed by atoms with Crippen LogP contribution in [0.25, 0.3) is 0 Å². The number of halogens is 1. The molecular formula is C19H12ClN5O3. The number of hydrogen-bond donors (Lipinski definition) is 1. The van der Waals surface area contributed by atoms with E-state index in [1.165, 1.54) is 12.4 Å². The Kier molecular flexibility index (Phi) is 4.51. The highest BCUT2D eigenvalue weighted by atomic mass is 35.5. The average molecular weight is 394 g/mol. The van der Waals surface area contributed by atoms with Crippen molar-refractivity contribution >= 4 is 29.0 Å². The van der Waals surface area contributed by atoms with Crippen molar-refractivity contribution in [1.82, 2.24) is 15.0 Å². The number of fused-ring (bicyclic) bond motifs is 1. The average Bonchev–Trinajstić information content (AvgIpc) is 3.07. The highest BCUT2D eigenvalue weighted by molar-refractivity contribution is 6.33. The quantitative estimate of drug-likeness (QED) is 0.712. The fourth-order valence-corrected chi connectivity index (χ4v) is 3.00. The molecule has 0 amide bonds. The second kappa shape index (κ2) is 7.13. The molecule has 9 heteroatoms. The molecule has 0 spiro atoms. The van der Waals surface area contributed by atoms with Crippen LogP contribution in [0.2, 0.25) is 5.02 Å². The number of aromatic nitrogens is 3. The number of nitrogens with zero attached hydrogens (tertiary/aromatic N) is 4. The van der Waals surface area contributed by atoms with Crippen molar-refractivity contribution in [2.45, 2.75) is 6.92 Å². The molecular weight excluding hydrogens is 382 g/mol. The van der Waals surface area contributed by atoms with Crippen molar-refractivity contribution in [3.05, 3.63) is 58.4 Å². The summed E-state index contributed by atoms with van der Waals surface area (Å²) in [6.45, 7) is 1.73. The molecule has 1 N–H and O–H groups in total. The van der Waals surface area contributed by atoms with Gasteiger partial charge in [-0.3, -0.25) is 4.79 Å². The minimum Gasteiger partial charge on any atom is -0.484 e. The Bertz CT molecular complexity index is 1130. The van der Waals surface area contributed by atoms with E-state index in [2.05, 4.69) is 26.3 Å². The molecule has 0 saturated carbocycles. The molecule has 0 bridgehead atoms. The summed E-state index contributed by atoms with van der Waals surface area (Å²) in [6.07, 6.45) is 1.30. The first-order valence-corrected chi connectivity index (χ1v) is 8.56. The van der Waals surface area contributed by atoms with Gasteiger partial charge in [0.15, 0.2) is 12.4 Å². The van der Waals surface area contributed by atoms with Crippen LogP contribution in [-0.4, -0.2) is 27.3 Å². The van der Waals surface area contributed by atoms with E-state index >= 15 is 0 Å². The molecule has 2 aromatic carbocycles. The molecule has 8 nitrogen and oxygen atoms in total. The summed E-state index contributed by atoms with van der Waals surface area (Å²) >= 11 is 6.28. The molecule has 1 aliphatic heterocycles. The van der Waals surface area contributed by atoms with Gasteiger partial charge in [0, 0.05) is 11.3 Å². The standard InChI is InChI=1S/C19H12ClN5O3/c1-10-16-13(15(26)8-27-16)6-14(20)17(10)28-19-23-9-22-18(25-19)24-12-4-2-11(7-21)3-5-12/h2-6,9H,8H2,1H3,(H,22,23,24,25). The number of nitriles is 1. The monoisotopic (exact) mass is 393 g/mol. The number of benzene rings is 2. The van der Waals surface area contributed by atoms with Gasteiger partial charge >= 0.3 is 6.01 Å². The predicted molar refractivity (Wildman–Crippen MR) is 100 cm³/mol. The van der Waals surface area contributed by atoms with Crippen LogP contribution in [0.3, 0.4) is 0 Å². The van der Waals surface area contributed by atoms with E-state index in [4.69, 9.17) is 26.3 Å². The minimum atomic E-state index is -0.124. The Labute approximate surface area is 164 Å². The summed E-state index contributed by atoms with van der Waals surface area (Å²) in [5, 5.41) is 12.1. The summed E-state index contributed by atoms with van der Waals surface area (Å²) in [4.78, 5) is 24.1. The first-order valence-electron chi connectivity index (χ1n) is 8.18. The number of carbonyl (C=O) groups is 1. The smallest absolute Gasteiger partial charge is 0.326 e. The lowest BCUT2D eigenvalue weighted by molar-refractivity contribution is 0.0961. The predicted octanol–water partition coefficient (Wildman–Crippen LogP) is 3.82. The number of ketones is 1. The SMILES string of the molecule is Cc1c(Oc2ncnc(Nc3ccc(C#N)cc3)n2)c(Cl)cc2c1OCC2=O. The molecule has 2 heterocycles. The highest BCUT2D eigenvalue weighted by Gasteiger charge is 2.27. The Morgan fingerprint density at radius 3 is 2.82 bits per heavy atom.